The average Bonchev–Trinajstić information content (AvgIpc) is 3.37. The van der Waals surface area contributed by atoms with Gasteiger partial charge >= 0.3 is 0 Å². The summed E-state index contributed by atoms with van der Waals surface area (Å²) in [6.45, 7) is 1.87. The summed E-state index contributed by atoms with van der Waals surface area (Å²) in [5.41, 5.74) is 6.54. The molecule has 2 aromatic heterocycles. The first-order chi connectivity index (χ1) is 13.9. The Morgan fingerprint density at radius 2 is 2.00 bits per heavy atom. The number of hydrogen-bond donors (Lipinski definition) is 2. The van der Waals surface area contributed by atoms with E-state index in [2.05, 4.69) is 10.1 Å². The summed E-state index contributed by atoms with van der Waals surface area (Å²) in [7, 11) is 1.86. The number of pyridine rings is 1. The molecule has 9 nitrogen and oxygen atoms in total. The molecule has 0 unspecified atom stereocenters. The summed E-state index contributed by atoms with van der Waals surface area (Å²) >= 11 is 0. The monoisotopic (exact) mass is 398 g/mol. The molecule has 0 spiro atoms. The van der Waals surface area contributed by atoms with Crippen LogP contribution in [0, 0.1) is 11.3 Å². The summed E-state index contributed by atoms with van der Waals surface area (Å²) in [6.07, 6.45) is 2.76. The highest BCUT2D eigenvalue weighted by Crippen LogP contribution is 2.42. The van der Waals surface area contributed by atoms with Gasteiger partial charge < -0.3 is 20.6 Å². The summed E-state index contributed by atoms with van der Waals surface area (Å²) in [4.78, 5) is 33.2. The summed E-state index contributed by atoms with van der Waals surface area (Å²) in [5, 5.41) is 14.3. The van der Waals surface area contributed by atoms with Crippen LogP contribution in [0.1, 0.15) is 22.6 Å². The Morgan fingerprint density at radius 1 is 1.24 bits per heavy atom. The van der Waals surface area contributed by atoms with Gasteiger partial charge in [0.2, 0.25) is 5.91 Å². The first-order valence-electron chi connectivity index (χ1n) is 9.79. The Bertz CT molecular complexity index is 928. The Labute approximate surface area is 169 Å². The average molecular weight is 398 g/mol. The second-order valence-corrected chi connectivity index (χ2v) is 8.07. The quantitative estimate of drug-likeness (QED) is 0.728. The molecule has 2 aromatic rings. The molecule has 0 radical (unpaired) electrons. The molecule has 2 fully saturated rings. The third kappa shape index (κ3) is 3.57. The van der Waals surface area contributed by atoms with Crippen molar-refractivity contribution >= 4 is 17.6 Å². The molecule has 2 aliphatic heterocycles. The maximum Gasteiger partial charge on any atom is 0.272 e. The van der Waals surface area contributed by atoms with Crippen molar-refractivity contribution in [1.82, 2.24) is 24.6 Å². The van der Waals surface area contributed by atoms with Gasteiger partial charge in [0.25, 0.3) is 5.91 Å². The van der Waals surface area contributed by atoms with E-state index < -0.39 is 5.41 Å². The highest BCUT2D eigenvalue weighted by molar-refractivity contribution is 5.93. The van der Waals surface area contributed by atoms with Gasteiger partial charge in [-0.15, -0.1) is 0 Å². The predicted molar refractivity (Wildman–Crippen MR) is 106 cm³/mol. The van der Waals surface area contributed by atoms with Gasteiger partial charge in [0.15, 0.2) is 0 Å². The molecule has 3 N–H and O–H groups in total. The van der Waals surface area contributed by atoms with E-state index in [9.17, 15) is 14.7 Å². The number of aliphatic hydroxyl groups is 1. The molecule has 0 aliphatic carbocycles. The van der Waals surface area contributed by atoms with Gasteiger partial charge in [-0.2, -0.15) is 5.10 Å². The standard InChI is InChI=1S/C20H26N6O3/c1-24-15(7-8-22-24)5-6-18(28)25-9-14-10-26(12-20(14,11-25)13-27)19(29)16-3-2-4-17(21)23-16/h2-4,7-8,14,27H,5-6,9-13H2,1H3,(H2,21,23)/t14-,20+/m1/s1. The minimum absolute atomic E-state index is 0.0539. The van der Waals surface area contributed by atoms with Crippen molar-refractivity contribution in [1.29, 1.82) is 0 Å². The minimum Gasteiger partial charge on any atom is -0.396 e. The third-order valence-corrected chi connectivity index (χ3v) is 6.22. The number of anilines is 1. The normalized spacial score (nSPS) is 23.4. The number of aliphatic hydroxyl groups excluding tert-OH is 1. The van der Waals surface area contributed by atoms with Gasteiger partial charge in [0.05, 0.1) is 6.61 Å². The van der Waals surface area contributed by atoms with Crippen LogP contribution in [0.2, 0.25) is 0 Å². The van der Waals surface area contributed by atoms with Crippen LogP contribution < -0.4 is 5.73 Å². The van der Waals surface area contributed by atoms with Gasteiger partial charge in [0, 0.05) is 62.9 Å². The Hall–Kier alpha value is -2.94. The van der Waals surface area contributed by atoms with Gasteiger partial charge in [-0.1, -0.05) is 6.07 Å². The van der Waals surface area contributed by atoms with E-state index in [1.807, 2.05) is 18.0 Å². The molecule has 29 heavy (non-hydrogen) atoms. The number of fused-ring (bicyclic) bond motifs is 1. The first kappa shape index (κ1) is 19.4. The topological polar surface area (TPSA) is 118 Å². The SMILES string of the molecule is Cn1nccc1CCC(=O)N1C[C@@H]2CN(C(=O)c3cccc(N)n3)C[C@]2(CO)C1. The molecule has 4 heterocycles. The van der Waals surface area contributed by atoms with Crippen LogP contribution in [0.5, 0.6) is 0 Å². The second kappa shape index (κ2) is 7.47. The van der Waals surface area contributed by atoms with E-state index in [1.165, 1.54) is 0 Å². The lowest BCUT2D eigenvalue weighted by Crippen LogP contribution is -2.40. The van der Waals surface area contributed by atoms with Crippen LogP contribution in [-0.4, -0.2) is 74.3 Å². The fraction of sp³-hybridized carbons (Fsp3) is 0.500. The number of carbonyl (C=O) groups is 2. The highest BCUT2D eigenvalue weighted by Gasteiger charge is 2.54. The molecule has 2 saturated heterocycles. The number of carbonyl (C=O) groups excluding carboxylic acids is 2. The first-order valence-corrected chi connectivity index (χ1v) is 9.79. The number of nitrogens with two attached hydrogens (primary N) is 1. The number of hydrogen-bond acceptors (Lipinski definition) is 6. The fourth-order valence-corrected chi connectivity index (χ4v) is 4.52. The zero-order valence-corrected chi connectivity index (χ0v) is 16.5. The maximum atomic E-state index is 12.8. The molecule has 0 saturated carbocycles. The van der Waals surface area contributed by atoms with Crippen LogP contribution in [0.4, 0.5) is 5.82 Å². The maximum absolute atomic E-state index is 12.8. The van der Waals surface area contributed by atoms with E-state index in [-0.39, 0.29) is 24.3 Å². The van der Waals surface area contributed by atoms with Crippen molar-refractivity contribution in [3.63, 3.8) is 0 Å². The van der Waals surface area contributed by atoms with E-state index in [0.29, 0.717) is 50.5 Å². The van der Waals surface area contributed by atoms with Gasteiger partial charge in [-0.05, 0) is 24.6 Å². The van der Waals surface area contributed by atoms with Crippen molar-refractivity contribution < 1.29 is 14.7 Å². The number of aromatic nitrogens is 3. The van der Waals surface area contributed by atoms with Crippen LogP contribution in [0.25, 0.3) is 0 Å². The Kier molecular flexibility index (Phi) is 4.99. The number of nitrogen functional groups attached to an aromatic ring is 1. The summed E-state index contributed by atoms with van der Waals surface area (Å²) in [6, 6.07) is 6.90. The molecular weight excluding hydrogens is 372 g/mol. The molecule has 0 aromatic carbocycles. The Morgan fingerprint density at radius 3 is 2.66 bits per heavy atom. The molecule has 2 atom stereocenters. The van der Waals surface area contributed by atoms with Crippen molar-refractivity contribution in [2.45, 2.75) is 12.8 Å². The van der Waals surface area contributed by atoms with Gasteiger partial charge in [0.1, 0.15) is 11.5 Å². The molecule has 154 valence electrons. The number of aryl methyl sites for hydroxylation is 2. The number of likely N-dealkylation sites (tertiary alicyclic amines) is 2. The molecule has 4 rings (SSSR count). The van der Waals surface area contributed by atoms with Crippen molar-refractivity contribution in [2.24, 2.45) is 18.4 Å². The van der Waals surface area contributed by atoms with E-state index in [4.69, 9.17) is 5.73 Å². The summed E-state index contributed by atoms with van der Waals surface area (Å²) in [5.74, 6) is 0.243. The van der Waals surface area contributed by atoms with E-state index >= 15 is 0 Å². The van der Waals surface area contributed by atoms with Gasteiger partial charge in [-0.3, -0.25) is 14.3 Å². The second-order valence-electron chi connectivity index (χ2n) is 8.07. The predicted octanol–water partition coefficient (Wildman–Crippen LogP) is -0.0770. The molecule has 2 amide bonds. The lowest BCUT2D eigenvalue weighted by Gasteiger charge is -2.27. The van der Waals surface area contributed by atoms with Crippen LogP contribution in [0.3, 0.4) is 0 Å². The van der Waals surface area contributed by atoms with Gasteiger partial charge in [-0.25, -0.2) is 4.98 Å². The van der Waals surface area contributed by atoms with Crippen LogP contribution in [-0.2, 0) is 18.3 Å². The summed E-state index contributed by atoms with van der Waals surface area (Å²) < 4.78 is 1.77. The number of nitrogens with zero attached hydrogens (tertiary/aromatic N) is 5. The highest BCUT2D eigenvalue weighted by atomic mass is 16.3. The van der Waals surface area contributed by atoms with Crippen LogP contribution >= 0.6 is 0 Å². The van der Waals surface area contributed by atoms with Crippen LogP contribution in [0.15, 0.2) is 30.5 Å². The third-order valence-electron chi connectivity index (χ3n) is 6.22. The smallest absolute Gasteiger partial charge is 0.272 e. The number of amides is 2. The molecule has 9 heteroatoms. The minimum atomic E-state index is -0.474. The zero-order valence-electron chi connectivity index (χ0n) is 16.5. The fourth-order valence-electron chi connectivity index (χ4n) is 4.52. The number of rotatable bonds is 5. The van der Waals surface area contributed by atoms with Crippen molar-refractivity contribution in [3.8, 4) is 0 Å². The molecular formula is C20H26N6O3. The Balaban J connectivity index is 1.40. The van der Waals surface area contributed by atoms with Crippen molar-refractivity contribution in [2.75, 3.05) is 38.5 Å². The molecule has 2 aliphatic rings. The van der Waals surface area contributed by atoms with E-state index in [0.717, 1.165) is 5.69 Å². The lowest BCUT2D eigenvalue weighted by atomic mass is 9.82. The van der Waals surface area contributed by atoms with Crippen molar-refractivity contribution in [3.05, 3.63) is 41.9 Å². The largest absolute Gasteiger partial charge is 0.396 e. The zero-order chi connectivity index (χ0) is 20.6. The lowest BCUT2D eigenvalue weighted by molar-refractivity contribution is -0.130. The van der Waals surface area contributed by atoms with E-state index in [1.54, 1.807) is 34.0 Å². The molecule has 0 bridgehead atoms.